The van der Waals surface area contributed by atoms with E-state index in [9.17, 15) is 24.5 Å². The molecule has 0 aliphatic rings. The summed E-state index contributed by atoms with van der Waals surface area (Å²) >= 11 is 7.14. The standard InChI is InChI=1S/C14H13ClN4O5S/c1-17(6-9-2-3-11(15)25-9)12(20)7-18-5-8(19(23)24)4-10(13(16)21)14(18)22/h2-5H,6-7H2,1H3,(H2,16,21). The second-order valence-electron chi connectivity index (χ2n) is 5.12. The minimum atomic E-state index is -1.10. The summed E-state index contributed by atoms with van der Waals surface area (Å²) in [6, 6.07) is 4.26. The Morgan fingerprint density at radius 1 is 1.44 bits per heavy atom. The molecule has 132 valence electrons. The first-order valence-electron chi connectivity index (χ1n) is 6.86. The van der Waals surface area contributed by atoms with Crippen LogP contribution in [0.4, 0.5) is 5.69 Å². The summed E-state index contributed by atoms with van der Waals surface area (Å²) < 4.78 is 1.38. The molecule has 0 aromatic carbocycles. The number of primary amides is 1. The van der Waals surface area contributed by atoms with Crippen molar-refractivity contribution in [1.82, 2.24) is 9.47 Å². The monoisotopic (exact) mass is 384 g/mol. The van der Waals surface area contributed by atoms with Gasteiger partial charge in [0.25, 0.3) is 17.2 Å². The first-order valence-corrected chi connectivity index (χ1v) is 8.05. The van der Waals surface area contributed by atoms with Crippen LogP contribution in [0.25, 0.3) is 0 Å². The minimum Gasteiger partial charge on any atom is -0.365 e. The lowest BCUT2D eigenvalue weighted by atomic mass is 10.2. The van der Waals surface area contributed by atoms with Gasteiger partial charge in [-0.05, 0) is 12.1 Å². The van der Waals surface area contributed by atoms with Crippen molar-refractivity contribution in [1.29, 1.82) is 0 Å². The number of nitrogens with zero attached hydrogens (tertiary/aromatic N) is 3. The number of nitrogens with two attached hydrogens (primary N) is 1. The lowest BCUT2D eigenvalue weighted by Gasteiger charge is -2.17. The number of rotatable bonds is 6. The molecule has 0 aliphatic heterocycles. The fraction of sp³-hybridized carbons (Fsp3) is 0.214. The summed E-state index contributed by atoms with van der Waals surface area (Å²) in [4.78, 5) is 48.1. The number of thiophene rings is 1. The zero-order valence-electron chi connectivity index (χ0n) is 13.0. The SMILES string of the molecule is CN(Cc1ccc(Cl)s1)C(=O)Cn1cc([N+](=O)[O-])cc(C(N)=O)c1=O. The van der Waals surface area contributed by atoms with Crippen molar-refractivity contribution in [2.45, 2.75) is 13.1 Å². The number of hydrogen-bond donors (Lipinski definition) is 1. The van der Waals surface area contributed by atoms with Crippen LogP contribution in [0.1, 0.15) is 15.2 Å². The van der Waals surface area contributed by atoms with E-state index in [0.717, 1.165) is 21.7 Å². The van der Waals surface area contributed by atoms with Gasteiger partial charge in [-0.15, -0.1) is 11.3 Å². The highest BCUT2D eigenvalue weighted by Crippen LogP contribution is 2.22. The third kappa shape index (κ3) is 4.43. The van der Waals surface area contributed by atoms with Crippen LogP contribution >= 0.6 is 22.9 Å². The fourth-order valence-corrected chi connectivity index (χ4v) is 3.18. The van der Waals surface area contributed by atoms with Gasteiger partial charge in [-0.2, -0.15) is 0 Å². The van der Waals surface area contributed by atoms with E-state index in [0.29, 0.717) is 4.34 Å². The first-order chi connectivity index (χ1) is 11.7. The smallest absolute Gasteiger partial charge is 0.286 e. The number of pyridine rings is 1. The van der Waals surface area contributed by atoms with Gasteiger partial charge in [0.05, 0.1) is 22.0 Å². The molecule has 0 spiro atoms. The lowest BCUT2D eigenvalue weighted by molar-refractivity contribution is -0.385. The molecule has 11 heteroatoms. The lowest BCUT2D eigenvalue weighted by Crippen LogP contribution is -2.36. The van der Waals surface area contributed by atoms with Crippen LogP contribution in [0.15, 0.2) is 29.2 Å². The van der Waals surface area contributed by atoms with Gasteiger partial charge in [0.2, 0.25) is 5.91 Å². The molecule has 0 saturated heterocycles. The Balaban J connectivity index is 2.26. The molecule has 2 aromatic rings. The number of carbonyl (C=O) groups excluding carboxylic acids is 2. The summed E-state index contributed by atoms with van der Waals surface area (Å²) in [6.45, 7) is -0.195. The normalized spacial score (nSPS) is 10.5. The topological polar surface area (TPSA) is 129 Å². The molecule has 0 unspecified atom stereocenters. The molecular weight excluding hydrogens is 372 g/mol. The fourth-order valence-electron chi connectivity index (χ4n) is 2.04. The second-order valence-corrected chi connectivity index (χ2v) is 6.92. The predicted octanol–water partition coefficient (Wildman–Crippen LogP) is 1.23. The number of amides is 2. The molecule has 0 aliphatic carbocycles. The van der Waals surface area contributed by atoms with E-state index in [1.807, 2.05) is 0 Å². The summed E-state index contributed by atoms with van der Waals surface area (Å²) in [5, 5.41) is 10.9. The van der Waals surface area contributed by atoms with Crippen LogP contribution in [0.2, 0.25) is 4.34 Å². The van der Waals surface area contributed by atoms with E-state index in [-0.39, 0.29) is 6.54 Å². The Bertz CT molecular complexity index is 907. The van der Waals surface area contributed by atoms with Gasteiger partial charge in [-0.25, -0.2) is 0 Å². The highest BCUT2D eigenvalue weighted by atomic mass is 35.5. The van der Waals surface area contributed by atoms with E-state index >= 15 is 0 Å². The van der Waals surface area contributed by atoms with E-state index in [4.69, 9.17) is 17.3 Å². The molecule has 2 rings (SSSR count). The van der Waals surface area contributed by atoms with Crippen molar-refractivity contribution in [2.24, 2.45) is 5.73 Å². The number of hydrogen-bond acceptors (Lipinski definition) is 6. The Hall–Kier alpha value is -2.72. The van der Waals surface area contributed by atoms with Crippen LogP contribution in [0.3, 0.4) is 0 Å². The average molecular weight is 385 g/mol. The van der Waals surface area contributed by atoms with Gasteiger partial charge in [0.1, 0.15) is 12.1 Å². The van der Waals surface area contributed by atoms with E-state index < -0.39 is 40.1 Å². The van der Waals surface area contributed by atoms with Crippen LogP contribution in [0.5, 0.6) is 0 Å². The maximum absolute atomic E-state index is 12.3. The molecular formula is C14H13ClN4O5S. The van der Waals surface area contributed by atoms with Gasteiger partial charge in [-0.3, -0.25) is 29.1 Å². The van der Waals surface area contributed by atoms with Gasteiger partial charge >= 0.3 is 0 Å². The Morgan fingerprint density at radius 2 is 2.12 bits per heavy atom. The highest BCUT2D eigenvalue weighted by molar-refractivity contribution is 7.16. The largest absolute Gasteiger partial charge is 0.365 e. The summed E-state index contributed by atoms with van der Waals surface area (Å²) in [7, 11) is 1.52. The van der Waals surface area contributed by atoms with E-state index in [1.165, 1.54) is 23.3 Å². The average Bonchev–Trinajstić information content (AvgIpc) is 2.93. The number of nitro groups is 1. The van der Waals surface area contributed by atoms with Gasteiger partial charge in [0, 0.05) is 18.0 Å². The number of aromatic nitrogens is 1. The van der Waals surface area contributed by atoms with Crippen molar-refractivity contribution in [3.63, 3.8) is 0 Å². The van der Waals surface area contributed by atoms with Crippen molar-refractivity contribution in [3.8, 4) is 0 Å². The quantitative estimate of drug-likeness (QED) is 0.591. The zero-order valence-corrected chi connectivity index (χ0v) is 14.5. The van der Waals surface area contributed by atoms with E-state index in [2.05, 4.69) is 0 Å². The molecule has 2 N–H and O–H groups in total. The van der Waals surface area contributed by atoms with Gasteiger partial charge in [0.15, 0.2) is 0 Å². The van der Waals surface area contributed by atoms with Gasteiger partial charge in [-0.1, -0.05) is 11.6 Å². The van der Waals surface area contributed by atoms with Gasteiger partial charge < -0.3 is 10.6 Å². The molecule has 0 radical (unpaired) electrons. The van der Waals surface area contributed by atoms with Crippen molar-refractivity contribution in [3.05, 3.63) is 59.6 Å². The summed E-state index contributed by atoms with van der Waals surface area (Å²) in [5.74, 6) is -1.57. The predicted molar refractivity (Wildman–Crippen MR) is 91.7 cm³/mol. The zero-order chi connectivity index (χ0) is 18.7. The minimum absolute atomic E-state index is 0.266. The van der Waals surface area contributed by atoms with Crippen molar-refractivity contribution >= 4 is 40.4 Å². The number of carbonyl (C=O) groups is 2. The van der Waals surface area contributed by atoms with Crippen LogP contribution in [-0.4, -0.2) is 33.3 Å². The van der Waals surface area contributed by atoms with E-state index in [1.54, 1.807) is 12.1 Å². The molecule has 0 fully saturated rings. The Labute approximate surface area is 150 Å². The maximum atomic E-state index is 12.3. The molecule has 2 aromatic heterocycles. The molecule has 2 heterocycles. The van der Waals surface area contributed by atoms with Crippen LogP contribution in [0, 0.1) is 10.1 Å². The van der Waals surface area contributed by atoms with Crippen molar-refractivity contribution < 1.29 is 14.5 Å². The number of likely N-dealkylation sites (N-methyl/N-ethyl adjacent to an activating group) is 1. The Kier molecular flexibility index (Phi) is 5.55. The summed E-state index contributed by atoms with van der Waals surface area (Å²) in [5.41, 5.74) is 3.15. The molecule has 0 bridgehead atoms. The van der Waals surface area contributed by atoms with Crippen LogP contribution < -0.4 is 11.3 Å². The van der Waals surface area contributed by atoms with Crippen molar-refractivity contribution in [2.75, 3.05) is 7.05 Å². The molecule has 9 nitrogen and oxygen atoms in total. The molecule has 25 heavy (non-hydrogen) atoms. The second kappa shape index (κ2) is 7.45. The Morgan fingerprint density at radius 3 is 2.64 bits per heavy atom. The molecule has 0 saturated carbocycles. The number of halogens is 1. The maximum Gasteiger partial charge on any atom is 0.286 e. The van der Waals surface area contributed by atoms with Crippen LogP contribution in [-0.2, 0) is 17.9 Å². The highest BCUT2D eigenvalue weighted by Gasteiger charge is 2.20. The molecule has 0 atom stereocenters. The molecule has 2 amide bonds. The third-order valence-corrected chi connectivity index (χ3v) is 4.52. The summed E-state index contributed by atoms with van der Waals surface area (Å²) in [6.07, 6.45) is 0.905. The first kappa shape index (κ1) is 18.6. The third-order valence-electron chi connectivity index (χ3n) is 3.30.